The Hall–Kier alpha value is -2.17. The fourth-order valence-corrected chi connectivity index (χ4v) is 1.42. The predicted octanol–water partition coefficient (Wildman–Crippen LogP) is 1.59. The van der Waals surface area contributed by atoms with Crippen LogP contribution in [0.15, 0.2) is 24.8 Å². The van der Waals surface area contributed by atoms with E-state index < -0.39 is 0 Å². The van der Waals surface area contributed by atoms with Crippen molar-refractivity contribution in [3.05, 3.63) is 30.4 Å². The molecule has 0 aliphatic rings. The molecule has 0 fully saturated rings. The molecule has 5 nitrogen and oxygen atoms in total. The summed E-state index contributed by atoms with van der Waals surface area (Å²) in [5.74, 6) is 0.625. The van der Waals surface area contributed by atoms with Crippen LogP contribution in [0.25, 0.3) is 0 Å². The van der Waals surface area contributed by atoms with Gasteiger partial charge in [-0.3, -0.25) is 4.79 Å². The molecule has 0 spiro atoms. The van der Waals surface area contributed by atoms with Crippen LogP contribution >= 0.6 is 0 Å². The topological polar surface area (TPSA) is 73.6 Å². The quantitative estimate of drug-likeness (QED) is 0.615. The largest absolute Gasteiger partial charge is 0.497 e. The van der Waals surface area contributed by atoms with Gasteiger partial charge in [0.15, 0.2) is 0 Å². The fraction of sp³-hybridized carbons (Fsp3) is 0.308. The summed E-state index contributed by atoms with van der Waals surface area (Å²) < 4.78 is 10.2. The number of rotatable bonds is 5. The van der Waals surface area contributed by atoms with Gasteiger partial charge in [-0.1, -0.05) is 6.08 Å². The van der Waals surface area contributed by atoms with E-state index in [0.717, 1.165) is 0 Å². The Labute approximate surface area is 107 Å². The molecular weight excluding hydrogens is 232 g/mol. The molecule has 1 aromatic rings. The number of nitrogens with one attached hydrogen (secondary N) is 1. The van der Waals surface area contributed by atoms with E-state index in [-0.39, 0.29) is 17.6 Å². The van der Waals surface area contributed by atoms with E-state index in [1.54, 1.807) is 18.2 Å². The molecule has 5 heteroatoms. The first kappa shape index (κ1) is 13.9. The summed E-state index contributed by atoms with van der Waals surface area (Å²) in [6, 6.07) is 3.06. The lowest BCUT2D eigenvalue weighted by atomic mass is 10.1. The first-order valence-corrected chi connectivity index (χ1v) is 5.48. The van der Waals surface area contributed by atoms with Crippen molar-refractivity contribution in [1.29, 1.82) is 0 Å². The number of carbonyl (C=O) groups is 1. The van der Waals surface area contributed by atoms with Gasteiger partial charge in [-0.2, -0.15) is 0 Å². The van der Waals surface area contributed by atoms with E-state index in [1.165, 1.54) is 14.2 Å². The summed E-state index contributed by atoms with van der Waals surface area (Å²) in [4.78, 5) is 12.0. The van der Waals surface area contributed by atoms with Crippen LogP contribution in [0.2, 0.25) is 0 Å². The number of ether oxygens (including phenoxy) is 2. The molecule has 1 amide bonds. The van der Waals surface area contributed by atoms with Gasteiger partial charge in [-0.05, 0) is 13.0 Å². The van der Waals surface area contributed by atoms with Crippen molar-refractivity contribution in [3.8, 4) is 11.5 Å². The van der Waals surface area contributed by atoms with Gasteiger partial charge in [0.25, 0.3) is 5.91 Å². The molecule has 0 saturated carbocycles. The van der Waals surface area contributed by atoms with Crippen LogP contribution in [0.5, 0.6) is 11.5 Å². The summed E-state index contributed by atoms with van der Waals surface area (Å²) in [5.41, 5.74) is 6.47. The molecule has 0 aliphatic heterocycles. The van der Waals surface area contributed by atoms with Gasteiger partial charge >= 0.3 is 0 Å². The lowest BCUT2D eigenvalue weighted by Gasteiger charge is -2.14. The molecule has 0 aliphatic carbocycles. The third-order valence-corrected chi connectivity index (χ3v) is 2.53. The maximum absolute atomic E-state index is 12.0. The Morgan fingerprint density at radius 1 is 1.44 bits per heavy atom. The molecule has 1 aromatic carbocycles. The molecule has 98 valence electrons. The average Bonchev–Trinajstić information content (AvgIpc) is 2.38. The highest BCUT2D eigenvalue weighted by Crippen LogP contribution is 2.30. The Bertz CT molecular complexity index is 458. The van der Waals surface area contributed by atoms with Crippen LogP contribution in [0.3, 0.4) is 0 Å². The number of carbonyl (C=O) groups excluding carboxylic acids is 1. The fourth-order valence-electron chi connectivity index (χ4n) is 1.42. The van der Waals surface area contributed by atoms with Gasteiger partial charge in [-0.15, -0.1) is 6.58 Å². The number of amides is 1. The maximum atomic E-state index is 12.0. The van der Waals surface area contributed by atoms with E-state index in [2.05, 4.69) is 11.9 Å². The van der Waals surface area contributed by atoms with Crippen molar-refractivity contribution in [2.24, 2.45) is 0 Å². The standard InChI is InChI=1S/C13H18N2O3/c1-5-8(2)15-13(16)10-6-9(17-3)7-11(18-4)12(10)14/h5-8H,1,14H2,2-4H3,(H,15,16). The van der Waals surface area contributed by atoms with Gasteiger partial charge in [0, 0.05) is 12.1 Å². The zero-order valence-electron chi connectivity index (χ0n) is 10.8. The molecule has 3 N–H and O–H groups in total. The number of nitrogens with two attached hydrogens (primary N) is 1. The molecule has 1 atom stereocenters. The van der Waals surface area contributed by atoms with Crippen LogP contribution in [0.4, 0.5) is 5.69 Å². The predicted molar refractivity (Wildman–Crippen MR) is 71.1 cm³/mol. The smallest absolute Gasteiger partial charge is 0.254 e. The van der Waals surface area contributed by atoms with E-state index in [0.29, 0.717) is 17.1 Å². The molecule has 0 bridgehead atoms. The molecule has 18 heavy (non-hydrogen) atoms. The highest BCUT2D eigenvalue weighted by Gasteiger charge is 2.16. The summed E-state index contributed by atoms with van der Waals surface area (Å²) >= 11 is 0. The molecule has 0 aromatic heterocycles. The van der Waals surface area contributed by atoms with E-state index >= 15 is 0 Å². The summed E-state index contributed by atoms with van der Waals surface area (Å²) in [5, 5.41) is 2.74. The second-order valence-electron chi connectivity index (χ2n) is 3.79. The van der Waals surface area contributed by atoms with E-state index in [1.807, 2.05) is 6.92 Å². The van der Waals surface area contributed by atoms with Crippen molar-refractivity contribution in [1.82, 2.24) is 5.32 Å². The van der Waals surface area contributed by atoms with Crippen LogP contribution < -0.4 is 20.5 Å². The Morgan fingerprint density at radius 3 is 2.61 bits per heavy atom. The zero-order chi connectivity index (χ0) is 13.7. The minimum absolute atomic E-state index is 0.144. The number of hydrogen-bond acceptors (Lipinski definition) is 4. The summed E-state index contributed by atoms with van der Waals surface area (Å²) in [7, 11) is 3.00. The lowest BCUT2D eigenvalue weighted by Crippen LogP contribution is -2.31. The normalized spacial score (nSPS) is 11.5. The lowest BCUT2D eigenvalue weighted by molar-refractivity contribution is 0.0947. The summed E-state index contributed by atoms with van der Waals surface area (Å²) in [6.45, 7) is 5.42. The first-order chi connectivity index (χ1) is 8.53. The van der Waals surface area contributed by atoms with Crippen molar-refractivity contribution >= 4 is 11.6 Å². The number of nitrogen functional groups attached to an aromatic ring is 1. The van der Waals surface area contributed by atoms with Crippen LogP contribution in [0.1, 0.15) is 17.3 Å². The maximum Gasteiger partial charge on any atom is 0.254 e. The van der Waals surface area contributed by atoms with Gasteiger partial charge in [-0.25, -0.2) is 0 Å². The highest BCUT2D eigenvalue weighted by molar-refractivity contribution is 6.01. The minimum atomic E-state index is -0.294. The summed E-state index contributed by atoms with van der Waals surface area (Å²) in [6.07, 6.45) is 1.63. The van der Waals surface area contributed by atoms with E-state index in [9.17, 15) is 4.79 Å². The van der Waals surface area contributed by atoms with Crippen molar-refractivity contribution in [2.45, 2.75) is 13.0 Å². The second kappa shape index (κ2) is 5.95. The molecule has 0 radical (unpaired) electrons. The van der Waals surface area contributed by atoms with Gasteiger partial charge in [0.05, 0.1) is 25.5 Å². The Morgan fingerprint density at radius 2 is 2.11 bits per heavy atom. The number of hydrogen-bond donors (Lipinski definition) is 2. The second-order valence-corrected chi connectivity index (χ2v) is 3.79. The van der Waals surface area contributed by atoms with Gasteiger partial charge in [0.1, 0.15) is 11.5 Å². The number of benzene rings is 1. The average molecular weight is 250 g/mol. The SMILES string of the molecule is C=CC(C)NC(=O)c1cc(OC)cc(OC)c1N. The molecular formula is C13H18N2O3. The molecule has 0 saturated heterocycles. The van der Waals surface area contributed by atoms with Crippen LogP contribution in [-0.4, -0.2) is 26.2 Å². The van der Waals surface area contributed by atoms with Crippen LogP contribution in [0, 0.1) is 0 Å². The minimum Gasteiger partial charge on any atom is -0.497 e. The van der Waals surface area contributed by atoms with E-state index in [4.69, 9.17) is 15.2 Å². The third-order valence-electron chi connectivity index (χ3n) is 2.53. The van der Waals surface area contributed by atoms with Gasteiger partial charge < -0.3 is 20.5 Å². The van der Waals surface area contributed by atoms with Crippen molar-refractivity contribution in [2.75, 3.05) is 20.0 Å². The molecule has 1 unspecified atom stereocenters. The van der Waals surface area contributed by atoms with Crippen molar-refractivity contribution in [3.63, 3.8) is 0 Å². The molecule has 1 rings (SSSR count). The monoisotopic (exact) mass is 250 g/mol. The third kappa shape index (κ3) is 2.94. The molecule has 0 heterocycles. The zero-order valence-corrected chi connectivity index (χ0v) is 10.8. The van der Waals surface area contributed by atoms with Gasteiger partial charge in [0.2, 0.25) is 0 Å². The highest BCUT2D eigenvalue weighted by atomic mass is 16.5. The first-order valence-electron chi connectivity index (χ1n) is 5.48. The number of methoxy groups -OCH3 is 2. The Kier molecular flexibility index (Phi) is 4.59. The Balaban J connectivity index is 3.14. The van der Waals surface area contributed by atoms with Crippen LogP contribution in [-0.2, 0) is 0 Å². The van der Waals surface area contributed by atoms with Crippen molar-refractivity contribution < 1.29 is 14.3 Å². The number of anilines is 1.